The van der Waals surface area contributed by atoms with Gasteiger partial charge in [0.2, 0.25) is 15.9 Å². The number of ether oxygens (including phenoxy) is 1. The fraction of sp³-hybridized carbons (Fsp3) is 0.500. The van der Waals surface area contributed by atoms with E-state index < -0.39 is 15.8 Å². The number of rotatable bonds is 10. The number of hydrogen-bond acceptors (Lipinski definition) is 4. The maximum Gasteiger partial charge on any atom is 0.240 e. The third-order valence-corrected chi connectivity index (χ3v) is 4.24. The quantitative estimate of drug-likeness (QED) is 0.627. The number of hydrogen-bond donors (Lipinski definition) is 2. The molecule has 2 N–H and O–H groups in total. The highest BCUT2D eigenvalue weighted by atomic mass is 32.2. The summed E-state index contributed by atoms with van der Waals surface area (Å²) in [5.41, 5.74) is 0. The Morgan fingerprint density at radius 3 is 2.55 bits per heavy atom. The molecule has 0 radical (unpaired) electrons. The van der Waals surface area contributed by atoms with Crippen molar-refractivity contribution in [3.63, 3.8) is 0 Å². The first-order chi connectivity index (χ1) is 10.5. The molecule has 0 aliphatic carbocycles. The summed E-state index contributed by atoms with van der Waals surface area (Å²) in [4.78, 5) is 11.5. The molecule has 0 aliphatic heterocycles. The number of carbonyl (C=O) groups is 1. The third kappa shape index (κ3) is 6.97. The average Bonchev–Trinajstić information content (AvgIpc) is 2.47. The summed E-state index contributed by atoms with van der Waals surface area (Å²) in [6.45, 7) is 3.58. The predicted molar refractivity (Wildman–Crippen MR) is 80.3 cm³/mol. The van der Waals surface area contributed by atoms with Crippen molar-refractivity contribution in [1.29, 1.82) is 0 Å². The Morgan fingerprint density at radius 1 is 1.23 bits per heavy atom. The largest absolute Gasteiger partial charge is 0.382 e. The van der Waals surface area contributed by atoms with Gasteiger partial charge in [0.15, 0.2) is 0 Å². The van der Waals surface area contributed by atoms with Gasteiger partial charge in [0, 0.05) is 32.7 Å². The molecule has 6 nitrogen and oxygen atoms in total. The van der Waals surface area contributed by atoms with Crippen LogP contribution in [0, 0.1) is 5.82 Å². The zero-order valence-electron chi connectivity index (χ0n) is 12.5. The minimum Gasteiger partial charge on any atom is -0.382 e. The number of sulfonamides is 1. The van der Waals surface area contributed by atoms with Crippen molar-refractivity contribution < 1.29 is 22.3 Å². The Hall–Kier alpha value is -1.51. The summed E-state index contributed by atoms with van der Waals surface area (Å²) >= 11 is 0. The number of benzene rings is 1. The molecule has 8 heteroatoms. The van der Waals surface area contributed by atoms with Gasteiger partial charge >= 0.3 is 0 Å². The molecule has 1 amide bonds. The van der Waals surface area contributed by atoms with Gasteiger partial charge in [0.1, 0.15) is 5.82 Å². The van der Waals surface area contributed by atoms with E-state index in [0.29, 0.717) is 26.2 Å². The molecule has 1 aromatic rings. The lowest BCUT2D eigenvalue weighted by atomic mass is 10.4. The number of amides is 1. The number of halogens is 1. The zero-order valence-corrected chi connectivity index (χ0v) is 13.3. The standard InChI is InChI=1S/C14H21FN2O4S/c1-2-21-11-3-9-16-14(18)8-10-17-22(19,20)13-6-4-12(15)5-7-13/h4-7,17H,2-3,8-11H2,1H3,(H,16,18). The minimum absolute atomic E-state index is 0.0169. The van der Waals surface area contributed by atoms with Crippen molar-refractivity contribution in [3.8, 4) is 0 Å². The second-order valence-corrected chi connectivity index (χ2v) is 6.27. The zero-order chi connectivity index (χ0) is 16.4. The molecule has 0 spiro atoms. The van der Waals surface area contributed by atoms with Crippen LogP contribution in [0.2, 0.25) is 0 Å². The first kappa shape index (κ1) is 18.5. The Balaban J connectivity index is 2.28. The molecule has 22 heavy (non-hydrogen) atoms. The fourth-order valence-corrected chi connectivity index (χ4v) is 2.66. The van der Waals surface area contributed by atoms with Crippen LogP contribution in [0.4, 0.5) is 4.39 Å². The highest BCUT2D eigenvalue weighted by Gasteiger charge is 2.13. The van der Waals surface area contributed by atoms with Crippen molar-refractivity contribution in [2.75, 3.05) is 26.3 Å². The molecule has 0 heterocycles. The number of carbonyl (C=O) groups excluding carboxylic acids is 1. The van der Waals surface area contributed by atoms with Crippen LogP contribution in [-0.2, 0) is 19.6 Å². The van der Waals surface area contributed by atoms with Crippen LogP contribution in [0.5, 0.6) is 0 Å². The van der Waals surface area contributed by atoms with Crippen molar-refractivity contribution in [2.45, 2.75) is 24.7 Å². The van der Waals surface area contributed by atoms with Crippen molar-refractivity contribution in [3.05, 3.63) is 30.1 Å². The van der Waals surface area contributed by atoms with Gasteiger partial charge in [-0.05, 0) is 37.6 Å². The van der Waals surface area contributed by atoms with E-state index in [0.717, 1.165) is 12.1 Å². The Labute approximate surface area is 130 Å². The van der Waals surface area contributed by atoms with Crippen molar-refractivity contribution >= 4 is 15.9 Å². The molecule has 1 rings (SSSR count). The summed E-state index contributed by atoms with van der Waals surface area (Å²) < 4.78 is 43.9. The molecule has 0 aliphatic rings. The Kier molecular flexibility index (Phi) is 8.00. The molecule has 1 aromatic carbocycles. The molecule has 0 aromatic heterocycles. The van der Waals surface area contributed by atoms with Gasteiger partial charge in [-0.15, -0.1) is 0 Å². The van der Waals surface area contributed by atoms with Gasteiger partial charge in [-0.2, -0.15) is 0 Å². The summed E-state index contributed by atoms with van der Waals surface area (Å²) in [6, 6.07) is 4.48. The summed E-state index contributed by atoms with van der Waals surface area (Å²) in [5.74, 6) is -0.747. The predicted octanol–water partition coefficient (Wildman–Crippen LogP) is 1.04. The Bertz CT molecular complexity index is 561. The smallest absolute Gasteiger partial charge is 0.240 e. The SMILES string of the molecule is CCOCCCNC(=O)CCNS(=O)(=O)c1ccc(F)cc1. The normalized spacial score (nSPS) is 11.4. The van der Waals surface area contributed by atoms with Crippen molar-refractivity contribution in [2.24, 2.45) is 0 Å². The summed E-state index contributed by atoms with van der Waals surface area (Å²) in [5, 5.41) is 2.67. The highest BCUT2D eigenvalue weighted by molar-refractivity contribution is 7.89. The van der Waals surface area contributed by atoms with Crippen molar-refractivity contribution in [1.82, 2.24) is 10.0 Å². The average molecular weight is 332 g/mol. The third-order valence-electron chi connectivity index (χ3n) is 2.76. The summed E-state index contributed by atoms with van der Waals surface area (Å²) in [7, 11) is -3.72. The molecule has 0 saturated carbocycles. The lowest BCUT2D eigenvalue weighted by Crippen LogP contribution is -2.31. The minimum atomic E-state index is -3.72. The first-order valence-corrected chi connectivity index (χ1v) is 8.53. The van der Waals surface area contributed by atoms with Gasteiger partial charge in [0.05, 0.1) is 4.90 Å². The molecule has 0 saturated heterocycles. The van der Waals surface area contributed by atoms with Crippen LogP contribution in [0.1, 0.15) is 19.8 Å². The van der Waals surface area contributed by atoms with E-state index in [1.807, 2.05) is 6.92 Å². The van der Waals surface area contributed by atoms with Crippen LogP contribution >= 0.6 is 0 Å². The lowest BCUT2D eigenvalue weighted by Gasteiger charge is -2.07. The summed E-state index contributed by atoms with van der Waals surface area (Å²) in [6.07, 6.45) is 0.746. The van der Waals surface area contributed by atoms with Crippen LogP contribution in [0.25, 0.3) is 0 Å². The maximum absolute atomic E-state index is 12.8. The second-order valence-electron chi connectivity index (χ2n) is 4.50. The first-order valence-electron chi connectivity index (χ1n) is 7.05. The van der Waals surface area contributed by atoms with E-state index in [-0.39, 0.29) is 23.8 Å². The topological polar surface area (TPSA) is 84.5 Å². The van der Waals surface area contributed by atoms with Crippen LogP contribution in [0.3, 0.4) is 0 Å². The van der Waals surface area contributed by atoms with E-state index in [9.17, 15) is 17.6 Å². The fourth-order valence-electron chi connectivity index (χ4n) is 1.63. The molecular formula is C14H21FN2O4S. The molecule has 0 bridgehead atoms. The van der Waals surface area contributed by atoms with Crippen LogP contribution < -0.4 is 10.0 Å². The van der Waals surface area contributed by atoms with E-state index in [1.165, 1.54) is 12.1 Å². The highest BCUT2D eigenvalue weighted by Crippen LogP contribution is 2.09. The monoisotopic (exact) mass is 332 g/mol. The second kappa shape index (κ2) is 9.50. The van der Waals surface area contributed by atoms with Crippen LogP contribution in [0.15, 0.2) is 29.2 Å². The molecular weight excluding hydrogens is 311 g/mol. The maximum atomic E-state index is 12.8. The molecule has 0 unspecified atom stereocenters. The lowest BCUT2D eigenvalue weighted by molar-refractivity contribution is -0.120. The van der Waals surface area contributed by atoms with Crippen LogP contribution in [-0.4, -0.2) is 40.6 Å². The molecule has 0 fully saturated rings. The van der Waals surface area contributed by atoms with Gasteiger partial charge in [-0.1, -0.05) is 0 Å². The van der Waals surface area contributed by atoms with Gasteiger partial charge in [-0.3, -0.25) is 4.79 Å². The Morgan fingerprint density at radius 2 is 1.91 bits per heavy atom. The molecule has 124 valence electrons. The van der Waals surface area contributed by atoms with Gasteiger partial charge in [0.25, 0.3) is 0 Å². The van der Waals surface area contributed by atoms with E-state index >= 15 is 0 Å². The van der Waals surface area contributed by atoms with E-state index in [1.54, 1.807) is 0 Å². The number of nitrogens with one attached hydrogen (secondary N) is 2. The van der Waals surface area contributed by atoms with E-state index in [2.05, 4.69) is 10.0 Å². The molecule has 0 atom stereocenters. The van der Waals surface area contributed by atoms with Gasteiger partial charge in [-0.25, -0.2) is 17.5 Å². The van der Waals surface area contributed by atoms with Gasteiger partial charge < -0.3 is 10.1 Å². The van der Waals surface area contributed by atoms with E-state index in [4.69, 9.17) is 4.74 Å².